The Balaban J connectivity index is 1.54. The molecule has 0 atom stereocenters. The molecule has 0 spiro atoms. The molecule has 30 heavy (non-hydrogen) atoms. The van der Waals surface area contributed by atoms with Gasteiger partial charge in [0.1, 0.15) is 19.1 Å². The number of H-pyrrole nitrogens is 1. The lowest BCUT2D eigenvalue weighted by Gasteiger charge is -2.04. The van der Waals surface area contributed by atoms with Crippen LogP contribution in [0.4, 0.5) is 10.2 Å². The molecular weight excluding hydrogens is 389 g/mol. The number of rotatable bonds is 7. The quantitative estimate of drug-likeness (QED) is 0.484. The van der Waals surface area contributed by atoms with Crippen LogP contribution in [0.25, 0.3) is 22.3 Å². The largest absolute Gasteiger partial charge is 0.461 e. The van der Waals surface area contributed by atoms with Gasteiger partial charge in [0, 0.05) is 36.1 Å². The van der Waals surface area contributed by atoms with Crippen molar-refractivity contribution in [3.8, 4) is 17.4 Å². The number of anilines is 1. The van der Waals surface area contributed by atoms with E-state index in [1.165, 1.54) is 6.20 Å². The molecule has 10 heteroatoms. The van der Waals surface area contributed by atoms with Crippen LogP contribution in [0, 0.1) is 0 Å². The maximum Gasteiger partial charge on any atom is 0.317 e. The number of ether oxygens (including phenoxy) is 1. The molecule has 0 bridgehead atoms. The third-order valence-electron chi connectivity index (χ3n) is 4.36. The molecule has 4 heterocycles. The van der Waals surface area contributed by atoms with E-state index in [4.69, 9.17) is 4.74 Å². The number of carbonyl (C=O) groups excluding carboxylic acids is 1. The van der Waals surface area contributed by atoms with Crippen LogP contribution in [0.1, 0.15) is 30.2 Å². The molecule has 2 N–H and O–H groups in total. The maximum atomic E-state index is 12.5. The van der Waals surface area contributed by atoms with E-state index in [2.05, 4.69) is 30.4 Å². The number of carbonyl (C=O) groups is 1. The van der Waals surface area contributed by atoms with Crippen LogP contribution in [-0.2, 0) is 0 Å². The van der Waals surface area contributed by atoms with Gasteiger partial charge in [-0.1, -0.05) is 0 Å². The fraction of sp³-hybridized carbons (Fsp3) is 0.250. The van der Waals surface area contributed by atoms with Crippen LogP contribution < -0.4 is 10.1 Å². The van der Waals surface area contributed by atoms with Crippen molar-refractivity contribution in [1.29, 1.82) is 0 Å². The predicted octanol–water partition coefficient (Wildman–Crippen LogP) is 3.40. The fourth-order valence-corrected chi connectivity index (χ4v) is 2.85. The average molecular weight is 409 g/mol. The number of aromatic amines is 1. The van der Waals surface area contributed by atoms with Crippen molar-refractivity contribution < 1.29 is 13.9 Å². The second kappa shape index (κ2) is 8.27. The van der Waals surface area contributed by atoms with E-state index < -0.39 is 6.67 Å². The molecule has 9 nitrogen and oxygen atoms in total. The molecule has 0 radical (unpaired) electrons. The third-order valence-corrected chi connectivity index (χ3v) is 4.36. The molecule has 0 saturated carbocycles. The molecule has 4 aromatic rings. The molecule has 4 rings (SSSR count). The van der Waals surface area contributed by atoms with Crippen molar-refractivity contribution in [2.24, 2.45) is 0 Å². The Morgan fingerprint density at radius 3 is 2.93 bits per heavy atom. The summed E-state index contributed by atoms with van der Waals surface area (Å²) >= 11 is 0. The van der Waals surface area contributed by atoms with Crippen molar-refractivity contribution in [3.05, 3.63) is 48.5 Å². The van der Waals surface area contributed by atoms with Crippen LogP contribution in [0.5, 0.6) is 6.01 Å². The third kappa shape index (κ3) is 4.12. The average Bonchev–Trinajstić information content (AvgIpc) is 3.39. The summed E-state index contributed by atoms with van der Waals surface area (Å²) in [5.74, 6) is 0.124. The van der Waals surface area contributed by atoms with E-state index in [0.29, 0.717) is 17.1 Å². The number of pyridine rings is 1. The topological polar surface area (TPSA) is 111 Å². The van der Waals surface area contributed by atoms with Gasteiger partial charge in [-0.3, -0.25) is 9.48 Å². The SMILES string of the molecule is CC(C)n1cc(C(=O)Nc2cc3[nH]c(-c4ccnc(OCCF)n4)cc3cn2)cn1. The smallest absolute Gasteiger partial charge is 0.317 e. The van der Waals surface area contributed by atoms with E-state index in [-0.39, 0.29) is 24.6 Å². The lowest BCUT2D eigenvalue weighted by atomic mass is 10.2. The van der Waals surface area contributed by atoms with Gasteiger partial charge in [-0.15, -0.1) is 0 Å². The van der Waals surface area contributed by atoms with Gasteiger partial charge in [-0.25, -0.2) is 14.4 Å². The lowest BCUT2D eigenvalue weighted by Crippen LogP contribution is -2.12. The van der Waals surface area contributed by atoms with Crippen molar-refractivity contribution in [1.82, 2.24) is 29.7 Å². The van der Waals surface area contributed by atoms with Gasteiger partial charge in [0.25, 0.3) is 5.91 Å². The Labute approximate surface area is 171 Å². The second-order valence-electron chi connectivity index (χ2n) is 6.86. The number of hydrogen-bond acceptors (Lipinski definition) is 6. The molecule has 0 fully saturated rings. The van der Waals surface area contributed by atoms with E-state index >= 15 is 0 Å². The molecule has 1 amide bonds. The van der Waals surface area contributed by atoms with E-state index in [1.807, 2.05) is 19.9 Å². The van der Waals surface area contributed by atoms with Crippen molar-refractivity contribution in [2.75, 3.05) is 18.6 Å². The van der Waals surface area contributed by atoms with Gasteiger partial charge >= 0.3 is 6.01 Å². The predicted molar refractivity (Wildman–Crippen MR) is 109 cm³/mol. The molecule has 0 aliphatic heterocycles. The maximum absolute atomic E-state index is 12.5. The normalized spacial score (nSPS) is 11.2. The van der Waals surface area contributed by atoms with Crippen LogP contribution in [0.15, 0.2) is 43.0 Å². The fourth-order valence-electron chi connectivity index (χ4n) is 2.85. The Hall–Kier alpha value is -3.82. The van der Waals surface area contributed by atoms with Crippen LogP contribution in [-0.4, -0.2) is 48.9 Å². The molecule has 0 aromatic carbocycles. The molecule has 0 aliphatic carbocycles. The van der Waals surface area contributed by atoms with Crippen molar-refractivity contribution in [2.45, 2.75) is 19.9 Å². The summed E-state index contributed by atoms with van der Waals surface area (Å²) in [7, 11) is 0. The highest BCUT2D eigenvalue weighted by Gasteiger charge is 2.13. The highest BCUT2D eigenvalue weighted by atomic mass is 19.1. The zero-order valence-corrected chi connectivity index (χ0v) is 16.5. The Kier molecular flexibility index (Phi) is 5.38. The van der Waals surface area contributed by atoms with E-state index in [1.54, 1.807) is 35.4 Å². The molecule has 0 aliphatic rings. The van der Waals surface area contributed by atoms with Gasteiger partial charge in [0.15, 0.2) is 0 Å². The number of amides is 1. The highest BCUT2D eigenvalue weighted by molar-refractivity contribution is 6.04. The summed E-state index contributed by atoms with van der Waals surface area (Å²) in [4.78, 5) is 28.2. The molecule has 0 saturated heterocycles. The first-order valence-corrected chi connectivity index (χ1v) is 9.40. The Morgan fingerprint density at radius 1 is 1.30 bits per heavy atom. The summed E-state index contributed by atoms with van der Waals surface area (Å²) < 4.78 is 19.1. The zero-order chi connectivity index (χ0) is 21.1. The molecular formula is C20H20FN7O2. The van der Waals surface area contributed by atoms with E-state index in [9.17, 15) is 9.18 Å². The van der Waals surface area contributed by atoms with Crippen molar-refractivity contribution in [3.63, 3.8) is 0 Å². The number of fused-ring (bicyclic) bond motifs is 1. The summed E-state index contributed by atoms with van der Waals surface area (Å²) in [5, 5.41) is 7.80. The standard InChI is InChI=1S/C20H20FN7O2/c1-12(2)28-11-14(10-24-28)19(29)27-18-8-16-13(9-23-18)7-17(25-16)15-3-5-22-20(26-15)30-6-4-21/h3,5,7-12,25H,4,6H2,1-2H3,(H,23,27,29). The summed E-state index contributed by atoms with van der Waals surface area (Å²) in [6.45, 7) is 3.26. The van der Waals surface area contributed by atoms with Gasteiger partial charge in [-0.2, -0.15) is 10.1 Å². The lowest BCUT2D eigenvalue weighted by molar-refractivity contribution is 0.102. The number of nitrogens with zero attached hydrogens (tertiary/aromatic N) is 5. The minimum atomic E-state index is -0.613. The van der Waals surface area contributed by atoms with Gasteiger partial charge in [0.05, 0.1) is 28.7 Å². The number of aromatic nitrogens is 6. The Bertz CT molecular complexity index is 1180. The van der Waals surface area contributed by atoms with Crippen LogP contribution in [0.3, 0.4) is 0 Å². The monoisotopic (exact) mass is 409 g/mol. The minimum Gasteiger partial charge on any atom is -0.461 e. The summed E-state index contributed by atoms with van der Waals surface area (Å²) in [6, 6.07) is 5.61. The number of halogens is 1. The minimum absolute atomic E-state index is 0.0980. The van der Waals surface area contributed by atoms with Gasteiger partial charge in [-0.05, 0) is 26.0 Å². The van der Waals surface area contributed by atoms with E-state index in [0.717, 1.165) is 16.6 Å². The number of alkyl halides is 1. The van der Waals surface area contributed by atoms with Gasteiger partial charge in [0.2, 0.25) is 0 Å². The second-order valence-corrected chi connectivity index (χ2v) is 6.86. The first-order valence-electron chi connectivity index (χ1n) is 9.40. The zero-order valence-electron chi connectivity index (χ0n) is 16.5. The summed E-state index contributed by atoms with van der Waals surface area (Å²) in [6.07, 6.45) is 6.42. The van der Waals surface area contributed by atoms with Crippen LogP contribution in [0.2, 0.25) is 0 Å². The Morgan fingerprint density at radius 2 is 2.17 bits per heavy atom. The number of hydrogen-bond donors (Lipinski definition) is 2. The molecule has 0 unspecified atom stereocenters. The summed E-state index contributed by atoms with van der Waals surface area (Å²) in [5.41, 5.74) is 2.56. The molecule has 4 aromatic heterocycles. The highest BCUT2D eigenvalue weighted by Crippen LogP contribution is 2.24. The van der Waals surface area contributed by atoms with Crippen molar-refractivity contribution >= 4 is 22.6 Å². The van der Waals surface area contributed by atoms with Gasteiger partial charge < -0.3 is 15.0 Å². The first-order chi connectivity index (χ1) is 14.5. The number of nitrogens with one attached hydrogen (secondary N) is 2. The molecule has 154 valence electrons. The van der Waals surface area contributed by atoms with Crippen LogP contribution >= 0.6 is 0 Å². The first kappa shape index (κ1) is 19.5.